The molecule has 6 nitrogen and oxygen atoms in total. The van der Waals surface area contributed by atoms with E-state index >= 15 is 0 Å². The van der Waals surface area contributed by atoms with Crippen LogP contribution in [0.2, 0.25) is 0 Å². The molecule has 0 spiro atoms. The number of hydrogen-bond donors (Lipinski definition) is 3. The summed E-state index contributed by atoms with van der Waals surface area (Å²) in [7, 11) is 0. The highest BCUT2D eigenvalue weighted by Crippen LogP contribution is 2.48. The molecular formula is C20H25FN4O2. The molecule has 0 aliphatic heterocycles. The number of furan rings is 1. The van der Waals surface area contributed by atoms with E-state index in [4.69, 9.17) is 4.42 Å². The molecule has 1 aromatic carbocycles. The van der Waals surface area contributed by atoms with Crippen LogP contribution in [0.4, 0.5) is 4.39 Å². The largest absolute Gasteiger partial charge is 0.467 e. The maximum Gasteiger partial charge on any atom is 0.242 e. The molecule has 2 aromatic rings. The molecule has 0 unspecified atom stereocenters. The first-order chi connectivity index (χ1) is 13.1. The smallest absolute Gasteiger partial charge is 0.242 e. The van der Waals surface area contributed by atoms with E-state index in [0.29, 0.717) is 31.4 Å². The summed E-state index contributed by atoms with van der Waals surface area (Å²) in [6, 6.07) is 10.5. The van der Waals surface area contributed by atoms with Gasteiger partial charge in [0, 0.05) is 18.5 Å². The molecule has 0 saturated heterocycles. The van der Waals surface area contributed by atoms with Crippen LogP contribution in [0.25, 0.3) is 0 Å². The third-order valence-electron chi connectivity index (χ3n) is 4.66. The number of benzene rings is 1. The fourth-order valence-electron chi connectivity index (χ4n) is 2.98. The molecule has 7 heteroatoms. The Kier molecular flexibility index (Phi) is 6.11. The summed E-state index contributed by atoms with van der Waals surface area (Å²) >= 11 is 0. The van der Waals surface area contributed by atoms with Gasteiger partial charge in [-0.25, -0.2) is 9.38 Å². The lowest BCUT2D eigenvalue weighted by atomic mass is 9.95. The fourth-order valence-corrected chi connectivity index (χ4v) is 2.98. The molecule has 3 N–H and O–H groups in total. The van der Waals surface area contributed by atoms with Gasteiger partial charge in [0.15, 0.2) is 5.96 Å². The Morgan fingerprint density at radius 3 is 2.67 bits per heavy atom. The molecule has 1 aliphatic carbocycles. The molecule has 1 aromatic heterocycles. The summed E-state index contributed by atoms with van der Waals surface area (Å²) < 4.78 is 19.3. The second-order valence-corrected chi connectivity index (χ2v) is 6.66. The summed E-state index contributed by atoms with van der Waals surface area (Å²) in [5.41, 5.74) is 0.549. The minimum Gasteiger partial charge on any atom is -0.467 e. The van der Waals surface area contributed by atoms with Gasteiger partial charge in [-0.3, -0.25) is 4.79 Å². The molecule has 3 rings (SSSR count). The molecule has 1 aliphatic rings. The van der Waals surface area contributed by atoms with Crippen LogP contribution in [0.3, 0.4) is 0 Å². The van der Waals surface area contributed by atoms with E-state index in [1.165, 1.54) is 6.07 Å². The standard InChI is InChI=1S/C20H25FN4O2/c1-2-22-19(24-13-18(26)23-12-15-6-5-11-27-15)25-14-20(9-10-20)16-7-3-4-8-17(16)21/h3-8,11H,2,9-10,12-14H2,1H3,(H,23,26)(H2,22,24,25). The Morgan fingerprint density at radius 1 is 1.19 bits per heavy atom. The van der Waals surface area contributed by atoms with Crippen LogP contribution in [0.5, 0.6) is 0 Å². The highest BCUT2D eigenvalue weighted by Gasteiger charge is 2.45. The third-order valence-corrected chi connectivity index (χ3v) is 4.66. The van der Waals surface area contributed by atoms with Gasteiger partial charge < -0.3 is 20.4 Å². The molecule has 1 heterocycles. The lowest BCUT2D eigenvalue weighted by Gasteiger charge is -2.19. The number of hydrogen-bond acceptors (Lipinski definition) is 3. The van der Waals surface area contributed by atoms with Gasteiger partial charge in [-0.1, -0.05) is 18.2 Å². The lowest BCUT2D eigenvalue weighted by molar-refractivity contribution is -0.119. The van der Waals surface area contributed by atoms with E-state index in [0.717, 1.165) is 18.4 Å². The number of guanidine groups is 1. The van der Waals surface area contributed by atoms with E-state index in [9.17, 15) is 9.18 Å². The number of halogens is 1. The van der Waals surface area contributed by atoms with E-state index < -0.39 is 0 Å². The second-order valence-electron chi connectivity index (χ2n) is 6.66. The number of aliphatic imine (C=N–C) groups is 1. The minimum atomic E-state index is -0.196. The van der Waals surface area contributed by atoms with Gasteiger partial charge >= 0.3 is 0 Å². The van der Waals surface area contributed by atoms with Crippen molar-refractivity contribution in [3.05, 3.63) is 59.8 Å². The first-order valence-corrected chi connectivity index (χ1v) is 9.19. The lowest BCUT2D eigenvalue weighted by Crippen LogP contribution is -2.42. The Bertz CT molecular complexity index is 785. The van der Waals surface area contributed by atoms with E-state index in [2.05, 4.69) is 20.9 Å². The molecule has 144 valence electrons. The van der Waals surface area contributed by atoms with Crippen LogP contribution in [0.1, 0.15) is 31.1 Å². The van der Waals surface area contributed by atoms with Crippen molar-refractivity contribution in [2.45, 2.75) is 31.7 Å². The topological polar surface area (TPSA) is 78.7 Å². The fraction of sp³-hybridized carbons (Fsp3) is 0.400. The van der Waals surface area contributed by atoms with Crippen LogP contribution < -0.4 is 16.0 Å². The number of carbonyl (C=O) groups excluding carboxylic acids is 1. The second kappa shape index (κ2) is 8.70. The molecule has 1 fully saturated rings. The first kappa shape index (κ1) is 18.9. The number of nitrogens with zero attached hydrogens (tertiary/aromatic N) is 1. The Morgan fingerprint density at radius 2 is 2.00 bits per heavy atom. The number of nitrogens with one attached hydrogen (secondary N) is 3. The van der Waals surface area contributed by atoms with Crippen LogP contribution in [0.15, 0.2) is 52.1 Å². The quantitative estimate of drug-likeness (QED) is 0.491. The van der Waals surface area contributed by atoms with Crippen molar-refractivity contribution < 1.29 is 13.6 Å². The zero-order valence-corrected chi connectivity index (χ0v) is 15.4. The third kappa shape index (κ3) is 5.09. The number of rotatable bonds is 8. The van der Waals surface area contributed by atoms with Crippen molar-refractivity contribution in [3.63, 3.8) is 0 Å². The van der Waals surface area contributed by atoms with E-state index in [1.54, 1.807) is 24.5 Å². The predicted octanol–water partition coefficient (Wildman–Crippen LogP) is 2.32. The van der Waals surface area contributed by atoms with Crippen molar-refractivity contribution in [1.82, 2.24) is 16.0 Å². The Hall–Kier alpha value is -2.83. The number of amides is 1. The van der Waals surface area contributed by atoms with Crippen LogP contribution in [-0.4, -0.2) is 31.5 Å². The van der Waals surface area contributed by atoms with Crippen LogP contribution in [-0.2, 0) is 16.8 Å². The highest BCUT2D eigenvalue weighted by molar-refractivity contribution is 5.85. The van der Waals surface area contributed by atoms with Gasteiger partial charge in [0.2, 0.25) is 5.91 Å². The van der Waals surface area contributed by atoms with Gasteiger partial charge in [0.25, 0.3) is 0 Å². The van der Waals surface area contributed by atoms with Crippen molar-refractivity contribution >= 4 is 11.9 Å². The Labute approximate surface area is 158 Å². The van der Waals surface area contributed by atoms with Gasteiger partial charge in [-0.05, 0) is 43.5 Å². The molecular weight excluding hydrogens is 347 g/mol. The van der Waals surface area contributed by atoms with Crippen LogP contribution in [0, 0.1) is 5.82 Å². The highest BCUT2D eigenvalue weighted by atomic mass is 19.1. The van der Waals surface area contributed by atoms with Gasteiger partial charge in [0.05, 0.1) is 12.8 Å². The first-order valence-electron chi connectivity index (χ1n) is 9.19. The van der Waals surface area contributed by atoms with Gasteiger partial charge in [0.1, 0.15) is 18.1 Å². The maximum atomic E-state index is 14.1. The molecule has 0 radical (unpaired) electrons. The van der Waals surface area contributed by atoms with Crippen molar-refractivity contribution in [2.24, 2.45) is 4.99 Å². The SMILES string of the molecule is CCNC(=NCC(=O)NCc1ccco1)NCC1(c2ccccc2F)CC1. The average molecular weight is 372 g/mol. The van der Waals surface area contributed by atoms with Crippen molar-refractivity contribution in [3.8, 4) is 0 Å². The average Bonchev–Trinajstić information content (AvgIpc) is 3.27. The zero-order valence-electron chi connectivity index (χ0n) is 15.4. The van der Waals surface area contributed by atoms with Gasteiger partial charge in [-0.15, -0.1) is 0 Å². The molecule has 0 bridgehead atoms. The van der Waals surface area contributed by atoms with Crippen molar-refractivity contribution in [1.29, 1.82) is 0 Å². The number of carbonyl (C=O) groups is 1. The summed E-state index contributed by atoms with van der Waals surface area (Å²) in [6.07, 6.45) is 3.43. The van der Waals surface area contributed by atoms with Crippen LogP contribution >= 0.6 is 0 Å². The summed E-state index contributed by atoms with van der Waals surface area (Å²) in [5, 5.41) is 9.12. The zero-order chi connectivity index (χ0) is 19.1. The predicted molar refractivity (Wildman–Crippen MR) is 102 cm³/mol. The van der Waals surface area contributed by atoms with E-state index in [-0.39, 0.29) is 23.7 Å². The normalized spacial score (nSPS) is 15.3. The molecule has 27 heavy (non-hydrogen) atoms. The molecule has 1 saturated carbocycles. The monoisotopic (exact) mass is 372 g/mol. The van der Waals surface area contributed by atoms with Crippen molar-refractivity contribution in [2.75, 3.05) is 19.6 Å². The summed E-state index contributed by atoms with van der Waals surface area (Å²) in [6.45, 7) is 3.54. The molecule has 0 atom stereocenters. The maximum absolute atomic E-state index is 14.1. The minimum absolute atomic E-state index is 0.00272. The Balaban J connectivity index is 1.53. The molecule has 1 amide bonds. The van der Waals surface area contributed by atoms with E-state index in [1.807, 2.05) is 19.1 Å². The summed E-state index contributed by atoms with van der Waals surface area (Å²) in [4.78, 5) is 16.3. The summed E-state index contributed by atoms with van der Waals surface area (Å²) in [5.74, 6) is 0.876. The van der Waals surface area contributed by atoms with Gasteiger partial charge in [-0.2, -0.15) is 0 Å².